The van der Waals surface area contributed by atoms with E-state index in [1.165, 1.54) is 6.07 Å². The van der Waals surface area contributed by atoms with E-state index in [2.05, 4.69) is 12.2 Å². The summed E-state index contributed by atoms with van der Waals surface area (Å²) in [5.41, 5.74) is 5.94. The van der Waals surface area contributed by atoms with Crippen molar-refractivity contribution in [2.24, 2.45) is 5.92 Å². The van der Waals surface area contributed by atoms with Crippen molar-refractivity contribution >= 4 is 11.4 Å². The highest BCUT2D eigenvalue weighted by Gasteiger charge is 2.24. The highest BCUT2D eigenvalue weighted by Crippen LogP contribution is 2.31. The van der Waals surface area contributed by atoms with E-state index in [1.807, 2.05) is 0 Å². The van der Waals surface area contributed by atoms with Gasteiger partial charge in [-0.25, -0.2) is 8.78 Å². The van der Waals surface area contributed by atoms with Crippen LogP contribution in [0.3, 0.4) is 0 Å². The summed E-state index contributed by atoms with van der Waals surface area (Å²) < 4.78 is 26.2. The molecule has 3 N–H and O–H groups in total. The first-order valence-electron chi connectivity index (χ1n) is 5.59. The van der Waals surface area contributed by atoms with Gasteiger partial charge in [0, 0.05) is 12.1 Å². The number of nitrogens with one attached hydrogen (secondary N) is 1. The summed E-state index contributed by atoms with van der Waals surface area (Å²) in [4.78, 5) is 0. The van der Waals surface area contributed by atoms with Gasteiger partial charge in [-0.1, -0.05) is 13.3 Å². The Labute approximate surface area is 93.8 Å². The highest BCUT2D eigenvalue weighted by atomic mass is 19.1. The highest BCUT2D eigenvalue weighted by molar-refractivity contribution is 5.67. The van der Waals surface area contributed by atoms with Crippen molar-refractivity contribution in [3.63, 3.8) is 0 Å². The molecule has 1 aliphatic carbocycles. The molecule has 0 saturated heterocycles. The minimum atomic E-state index is -0.701. The standard InChI is InChI=1S/C12H16F2N2/c1-7-3-2-4-10(7)16-11-6-8(13)5-9(14)12(11)15/h5-7,10,16H,2-4,15H2,1H3. The lowest BCUT2D eigenvalue weighted by molar-refractivity contribution is 0.553. The summed E-state index contributed by atoms with van der Waals surface area (Å²) >= 11 is 0. The molecule has 0 amide bonds. The van der Waals surface area contributed by atoms with E-state index in [-0.39, 0.29) is 11.7 Å². The van der Waals surface area contributed by atoms with Crippen LogP contribution in [0, 0.1) is 17.6 Å². The van der Waals surface area contributed by atoms with Gasteiger partial charge in [0.05, 0.1) is 11.4 Å². The Hall–Kier alpha value is -1.32. The van der Waals surface area contributed by atoms with Gasteiger partial charge in [-0.15, -0.1) is 0 Å². The number of rotatable bonds is 2. The summed E-state index contributed by atoms with van der Waals surface area (Å²) in [7, 11) is 0. The first-order chi connectivity index (χ1) is 7.58. The molecule has 2 nitrogen and oxygen atoms in total. The van der Waals surface area contributed by atoms with Crippen molar-refractivity contribution < 1.29 is 8.78 Å². The Morgan fingerprint density at radius 3 is 2.69 bits per heavy atom. The third-order valence-electron chi connectivity index (χ3n) is 3.30. The van der Waals surface area contributed by atoms with E-state index < -0.39 is 11.6 Å². The lowest BCUT2D eigenvalue weighted by atomic mass is 10.1. The number of hydrogen-bond acceptors (Lipinski definition) is 2. The van der Waals surface area contributed by atoms with Gasteiger partial charge in [-0.2, -0.15) is 0 Å². The largest absolute Gasteiger partial charge is 0.395 e. The number of nitrogens with two attached hydrogens (primary N) is 1. The van der Waals surface area contributed by atoms with Crippen LogP contribution in [0.1, 0.15) is 26.2 Å². The second-order valence-electron chi connectivity index (χ2n) is 4.51. The Morgan fingerprint density at radius 2 is 2.06 bits per heavy atom. The average molecular weight is 226 g/mol. The van der Waals surface area contributed by atoms with E-state index in [4.69, 9.17) is 5.73 Å². The van der Waals surface area contributed by atoms with Crippen molar-refractivity contribution in [3.05, 3.63) is 23.8 Å². The molecule has 88 valence electrons. The van der Waals surface area contributed by atoms with Crippen molar-refractivity contribution in [3.8, 4) is 0 Å². The van der Waals surface area contributed by atoms with Gasteiger partial charge in [0.25, 0.3) is 0 Å². The van der Waals surface area contributed by atoms with E-state index in [0.717, 1.165) is 25.3 Å². The zero-order valence-electron chi connectivity index (χ0n) is 9.26. The van der Waals surface area contributed by atoms with Crippen molar-refractivity contribution in [2.45, 2.75) is 32.2 Å². The SMILES string of the molecule is CC1CCCC1Nc1cc(F)cc(F)c1N. The van der Waals surface area contributed by atoms with Gasteiger partial charge < -0.3 is 11.1 Å². The fraction of sp³-hybridized carbons (Fsp3) is 0.500. The molecule has 0 radical (unpaired) electrons. The fourth-order valence-corrected chi connectivity index (χ4v) is 2.26. The van der Waals surface area contributed by atoms with Crippen molar-refractivity contribution in [1.29, 1.82) is 0 Å². The van der Waals surface area contributed by atoms with Gasteiger partial charge >= 0.3 is 0 Å². The number of hydrogen-bond donors (Lipinski definition) is 2. The van der Waals surface area contributed by atoms with Crippen LogP contribution in [0.4, 0.5) is 20.2 Å². The summed E-state index contributed by atoms with van der Waals surface area (Å²) in [6.45, 7) is 2.14. The maximum absolute atomic E-state index is 13.2. The van der Waals surface area contributed by atoms with E-state index in [9.17, 15) is 8.78 Å². The number of benzene rings is 1. The molecule has 0 aromatic heterocycles. The topological polar surface area (TPSA) is 38.0 Å². The molecule has 2 unspecified atom stereocenters. The lowest BCUT2D eigenvalue weighted by Crippen LogP contribution is -2.22. The number of nitrogen functional groups attached to an aromatic ring is 1. The number of halogens is 2. The van der Waals surface area contributed by atoms with Crippen LogP contribution in [0.5, 0.6) is 0 Å². The molecule has 1 aliphatic rings. The average Bonchev–Trinajstić information content (AvgIpc) is 2.60. The van der Waals surface area contributed by atoms with Gasteiger partial charge in [-0.05, 0) is 24.8 Å². The molecule has 16 heavy (non-hydrogen) atoms. The third-order valence-corrected chi connectivity index (χ3v) is 3.30. The first-order valence-corrected chi connectivity index (χ1v) is 5.59. The predicted octanol–water partition coefficient (Wildman–Crippen LogP) is 3.15. The molecular formula is C12H16F2N2. The van der Waals surface area contributed by atoms with Crippen LogP contribution < -0.4 is 11.1 Å². The molecule has 0 heterocycles. The molecule has 4 heteroatoms. The lowest BCUT2D eigenvalue weighted by Gasteiger charge is -2.20. The van der Waals surface area contributed by atoms with Crippen LogP contribution in [0.2, 0.25) is 0 Å². The second-order valence-corrected chi connectivity index (χ2v) is 4.51. The molecule has 2 rings (SSSR count). The van der Waals surface area contributed by atoms with Crippen LogP contribution in [-0.2, 0) is 0 Å². The zero-order valence-corrected chi connectivity index (χ0v) is 9.26. The summed E-state index contributed by atoms with van der Waals surface area (Å²) in [6.07, 6.45) is 3.32. The van der Waals surface area contributed by atoms with Gasteiger partial charge in [-0.3, -0.25) is 0 Å². The normalized spacial score (nSPS) is 24.7. The minimum absolute atomic E-state index is 0.000463. The maximum Gasteiger partial charge on any atom is 0.151 e. The van der Waals surface area contributed by atoms with Gasteiger partial charge in [0.15, 0.2) is 5.82 Å². The van der Waals surface area contributed by atoms with Gasteiger partial charge in [0.1, 0.15) is 5.82 Å². The molecule has 2 atom stereocenters. The quantitative estimate of drug-likeness (QED) is 0.760. The summed E-state index contributed by atoms with van der Waals surface area (Å²) in [6, 6.07) is 2.32. The number of anilines is 2. The van der Waals surface area contributed by atoms with E-state index in [1.54, 1.807) is 0 Å². The van der Waals surface area contributed by atoms with Crippen LogP contribution >= 0.6 is 0 Å². The van der Waals surface area contributed by atoms with Crippen LogP contribution in [-0.4, -0.2) is 6.04 Å². The molecule has 1 aromatic carbocycles. The maximum atomic E-state index is 13.2. The monoisotopic (exact) mass is 226 g/mol. The minimum Gasteiger partial charge on any atom is -0.395 e. The molecule has 1 fully saturated rings. The van der Waals surface area contributed by atoms with Gasteiger partial charge in [0.2, 0.25) is 0 Å². The summed E-state index contributed by atoms with van der Waals surface area (Å²) in [5.74, 6) is -0.779. The van der Waals surface area contributed by atoms with E-state index >= 15 is 0 Å². The summed E-state index contributed by atoms with van der Waals surface area (Å²) in [5, 5.41) is 3.14. The first kappa shape index (κ1) is 11.2. The van der Waals surface area contributed by atoms with E-state index in [0.29, 0.717) is 11.6 Å². The fourth-order valence-electron chi connectivity index (χ4n) is 2.26. The van der Waals surface area contributed by atoms with Crippen molar-refractivity contribution in [2.75, 3.05) is 11.1 Å². The molecular weight excluding hydrogens is 210 g/mol. The predicted molar refractivity (Wildman–Crippen MR) is 61.2 cm³/mol. The molecule has 0 bridgehead atoms. The molecule has 0 spiro atoms. The smallest absolute Gasteiger partial charge is 0.151 e. The Balaban J connectivity index is 2.20. The Kier molecular flexibility index (Phi) is 2.99. The van der Waals surface area contributed by atoms with Crippen LogP contribution in [0.15, 0.2) is 12.1 Å². The Bertz CT molecular complexity index is 393. The molecule has 1 aromatic rings. The zero-order chi connectivity index (χ0) is 11.7. The molecule has 0 aliphatic heterocycles. The molecule has 1 saturated carbocycles. The van der Waals surface area contributed by atoms with Crippen LogP contribution in [0.25, 0.3) is 0 Å². The second kappa shape index (κ2) is 4.28. The third kappa shape index (κ3) is 2.10. The Morgan fingerprint density at radius 1 is 1.31 bits per heavy atom. The van der Waals surface area contributed by atoms with Crippen molar-refractivity contribution in [1.82, 2.24) is 0 Å².